The molecule has 5 rings (SSSR count). The van der Waals surface area contributed by atoms with Gasteiger partial charge in [-0.15, -0.1) is 0 Å². The number of carbonyl (C=O) groups excluding carboxylic acids is 2. The number of pyridine rings is 1. The molecule has 7 heteroatoms. The van der Waals surface area contributed by atoms with E-state index in [4.69, 9.17) is 9.57 Å². The second-order valence-electron chi connectivity index (χ2n) is 7.15. The van der Waals surface area contributed by atoms with Gasteiger partial charge in [-0.3, -0.25) is 19.4 Å². The normalized spacial score (nSPS) is 23.0. The van der Waals surface area contributed by atoms with Crippen molar-refractivity contribution in [2.45, 2.75) is 12.1 Å². The van der Waals surface area contributed by atoms with Crippen LogP contribution in [-0.2, 0) is 14.4 Å². The number of hydroxylamine groups is 1. The number of rotatable bonds is 4. The summed E-state index contributed by atoms with van der Waals surface area (Å²) in [6.45, 7) is 0. The van der Waals surface area contributed by atoms with Crippen LogP contribution < -0.4 is 14.7 Å². The third-order valence-corrected chi connectivity index (χ3v) is 5.50. The Hall–Kier alpha value is -3.71. The first-order valence-electron chi connectivity index (χ1n) is 9.62. The molecule has 0 radical (unpaired) electrons. The molecule has 30 heavy (non-hydrogen) atoms. The number of benzene rings is 2. The van der Waals surface area contributed by atoms with Crippen molar-refractivity contribution in [3.05, 3.63) is 84.7 Å². The Kier molecular flexibility index (Phi) is 4.44. The van der Waals surface area contributed by atoms with Crippen LogP contribution >= 0.6 is 0 Å². The first-order chi connectivity index (χ1) is 14.7. The number of hydrogen-bond acceptors (Lipinski definition) is 6. The van der Waals surface area contributed by atoms with Crippen molar-refractivity contribution in [3.63, 3.8) is 0 Å². The highest BCUT2D eigenvalue weighted by Gasteiger charge is 2.60. The lowest BCUT2D eigenvalue weighted by Crippen LogP contribution is -2.37. The van der Waals surface area contributed by atoms with E-state index in [9.17, 15) is 9.59 Å². The summed E-state index contributed by atoms with van der Waals surface area (Å²) in [5, 5.41) is 1.67. The molecule has 0 aliphatic carbocycles. The molecule has 2 saturated heterocycles. The number of nitrogens with zero attached hydrogens (tertiary/aromatic N) is 3. The zero-order chi connectivity index (χ0) is 20.7. The minimum absolute atomic E-state index is 0.282. The fourth-order valence-corrected chi connectivity index (χ4v) is 4.10. The van der Waals surface area contributed by atoms with E-state index in [1.807, 2.05) is 42.5 Å². The maximum Gasteiger partial charge on any atom is 0.266 e. The van der Waals surface area contributed by atoms with Gasteiger partial charge in [0.05, 0.1) is 24.5 Å². The standard InChI is InChI=1S/C23H19N3O4/c1-29-18-9-7-16(8-10-18)25-22(27)19-20(15-11-13-24-14-12-15)26(30-21(19)23(25)28)17-5-3-2-4-6-17/h2-14,19-21H,1H3/t19-,20-,21+/m0/s1. The third-order valence-electron chi connectivity index (χ3n) is 5.50. The molecule has 0 saturated carbocycles. The monoisotopic (exact) mass is 401 g/mol. The number of aromatic nitrogens is 1. The zero-order valence-electron chi connectivity index (χ0n) is 16.2. The van der Waals surface area contributed by atoms with E-state index in [0.29, 0.717) is 11.4 Å². The molecule has 0 N–H and O–H groups in total. The van der Waals surface area contributed by atoms with Crippen molar-refractivity contribution in [1.29, 1.82) is 0 Å². The third kappa shape index (κ3) is 2.83. The van der Waals surface area contributed by atoms with Crippen LogP contribution in [-0.4, -0.2) is 30.0 Å². The summed E-state index contributed by atoms with van der Waals surface area (Å²) in [6, 6.07) is 19.6. The Morgan fingerprint density at radius 2 is 1.57 bits per heavy atom. The van der Waals surface area contributed by atoms with E-state index in [2.05, 4.69) is 4.98 Å². The summed E-state index contributed by atoms with van der Waals surface area (Å²) >= 11 is 0. The molecule has 1 aromatic heterocycles. The summed E-state index contributed by atoms with van der Waals surface area (Å²) in [6.07, 6.45) is 2.46. The molecule has 2 amide bonds. The van der Waals surface area contributed by atoms with Crippen LogP contribution in [0, 0.1) is 5.92 Å². The van der Waals surface area contributed by atoms with Gasteiger partial charge in [0, 0.05) is 12.4 Å². The molecule has 150 valence electrons. The lowest BCUT2D eigenvalue weighted by Gasteiger charge is -2.28. The van der Waals surface area contributed by atoms with Crippen molar-refractivity contribution >= 4 is 23.2 Å². The summed E-state index contributed by atoms with van der Waals surface area (Å²) < 4.78 is 5.17. The molecule has 2 aliphatic rings. The Labute approximate surface area is 173 Å². The van der Waals surface area contributed by atoms with Gasteiger partial charge in [-0.2, -0.15) is 0 Å². The van der Waals surface area contributed by atoms with Crippen LogP contribution in [0.3, 0.4) is 0 Å². The summed E-state index contributed by atoms with van der Waals surface area (Å²) in [7, 11) is 1.57. The van der Waals surface area contributed by atoms with Gasteiger partial charge in [-0.05, 0) is 54.1 Å². The van der Waals surface area contributed by atoms with Gasteiger partial charge < -0.3 is 4.74 Å². The largest absolute Gasteiger partial charge is 0.497 e. The van der Waals surface area contributed by atoms with Crippen LogP contribution in [0.4, 0.5) is 11.4 Å². The Morgan fingerprint density at radius 3 is 2.23 bits per heavy atom. The second-order valence-corrected chi connectivity index (χ2v) is 7.15. The van der Waals surface area contributed by atoms with Crippen molar-refractivity contribution in [1.82, 2.24) is 4.98 Å². The highest BCUT2D eigenvalue weighted by molar-refractivity contribution is 6.23. The fraction of sp³-hybridized carbons (Fsp3) is 0.174. The quantitative estimate of drug-likeness (QED) is 0.626. The molecule has 3 aromatic rings. The van der Waals surface area contributed by atoms with Gasteiger partial charge >= 0.3 is 0 Å². The van der Waals surface area contributed by atoms with E-state index < -0.39 is 18.1 Å². The SMILES string of the molecule is COc1ccc(N2C(=O)[C@@H]3[C@@H](ON(c4ccccc4)[C@H]3c3ccncc3)C2=O)cc1. The molecule has 0 bridgehead atoms. The first-order valence-corrected chi connectivity index (χ1v) is 9.62. The van der Waals surface area contributed by atoms with Crippen molar-refractivity contribution in [2.24, 2.45) is 5.92 Å². The van der Waals surface area contributed by atoms with E-state index >= 15 is 0 Å². The van der Waals surface area contributed by atoms with Gasteiger partial charge in [-0.1, -0.05) is 18.2 Å². The number of anilines is 2. The first kappa shape index (κ1) is 18.3. The van der Waals surface area contributed by atoms with Crippen molar-refractivity contribution in [2.75, 3.05) is 17.1 Å². The van der Waals surface area contributed by atoms with E-state index in [1.165, 1.54) is 4.90 Å². The van der Waals surface area contributed by atoms with E-state index in [1.54, 1.807) is 48.8 Å². The van der Waals surface area contributed by atoms with E-state index in [-0.39, 0.29) is 11.8 Å². The van der Waals surface area contributed by atoms with Crippen molar-refractivity contribution < 1.29 is 19.2 Å². The highest BCUT2D eigenvalue weighted by Crippen LogP contribution is 2.47. The number of carbonyl (C=O) groups is 2. The molecular formula is C23H19N3O4. The van der Waals surface area contributed by atoms with Gasteiger partial charge in [0.25, 0.3) is 5.91 Å². The number of hydrogen-bond donors (Lipinski definition) is 0. The number of amides is 2. The minimum Gasteiger partial charge on any atom is -0.497 e. The average molecular weight is 401 g/mol. The second kappa shape index (κ2) is 7.27. The molecule has 2 aliphatic heterocycles. The maximum atomic E-state index is 13.5. The molecule has 3 atom stereocenters. The van der Waals surface area contributed by atoms with Crippen LogP contribution in [0.1, 0.15) is 11.6 Å². The van der Waals surface area contributed by atoms with Crippen LogP contribution in [0.2, 0.25) is 0 Å². The number of methoxy groups -OCH3 is 1. The van der Waals surface area contributed by atoms with E-state index in [0.717, 1.165) is 11.3 Å². The predicted octanol–water partition coefficient (Wildman–Crippen LogP) is 3.14. The Bertz CT molecular complexity index is 1070. The summed E-state index contributed by atoms with van der Waals surface area (Å²) in [5.74, 6) is -0.663. The molecule has 0 unspecified atom stereocenters. The highest BCUT2D eigenvalue weighted by atomic mass is 16.7. The van der Waals surface area contributed by atoms with Gasteiger partial charge in [-0.25, -0.2) is 9.96 Å². The van der Waals surface area contributed by atoms with Crippen LogP contribution in [0.5, 0.6) is 5.75 Å². The van der Waals surface area contributed by atoms with Gasteiger partial charge in [0.2, 0.25) is 5.91 Å². The zero-order valence-corrected chi connectivity index (χ0v) is 16.2. The summed E-state index contributed by atoms with van der Waals surface area (Å²) in [5.41, 5.74) is 2.15. The summed E-state index contributed by atoms with van der Waals surface area (Å²) in [4.78, 5) is 38.1. The lowest BCUT2D eigenvalue weighted by molar-refractivity contribution is -0.126. The molecule has 2 fully saturated rings. The molecule has 2 aromatic carbocycles. The Morgan fingerprint density at radius 1 is 0.867 bits per heavy atom. The van der Waals surface area contributed by atoms with Gasteiger partial charge in [0.15, 0.2) is 6.10 Å². The smallest absolute Gasteiger partial charge is 0.266 e. The van der Waals surface area contributed by atoms with Crippen LogP contribution in [0.15, 0.2) is 79.1 Å². The maximum absolute atomic E-state index is 13.5. The predicted molar refractivity (Wildman–Crippen MR) is 110 cm³/mol. The molecule has 3 heterocycles. The lowest BCUT2D eigenvalue weighted by atomic mass is 9.91. The van der Waals surface area contributed by atoms with Crippen molar-refractivity contribution in [3.8, 4) is 5.75 Å². The topological polar surface area (TPSA) is 72.0 Å². The number of para-hydroxylation sites is 1. The molecular weight excluding hydrogens is 382 g/mol. The number of fused-ring (bicyclic) bond motifs is 1. The molecule has 0 spiro atoms. The Balaban J connectivity index is 1.55. The fourth-order valence-electron chi connectivity index (χ4n) is 4.10. The molecule has 7 nitrogen and oxygen atoms in total. The van der Waals surface area contributed by atoms with Crippen LogP contribution in [0.25, 0.3) is 0 Å². The van der Waals surface area contributed by atoms with Gasteiger partial charge in [0.1, 0.15) is 11.7 Å². The number of ether oxygens (including phenoxy) is 1. The minimum atomic E-state index is -0.891. The average Bonchev–Trinajstić information content (AvgIpc) is 3.31. The number of imide groups is 1.